The smallest absolute Gasteiger partial charge is 0.269 e. The van der Waals surface area contributed by atoms with Gasteiger partial charge in [0.1, 0.15) is 0 Å². The summed E-state index contributed by atoms with van der Waals surface area (Å²) in [4.78, 5) is 24.6. The van der Waals surface area contributed by atoms with E-state index in [2.05, 4.69) is 15.6 Å². The topological polar surface area (TPSA) is 104 Å². The summed E-state index contributed by atoms with van der Waals surface area (Å²) in [6.07, 6.45) is 0. The molecule has 0 aliphatic heterocycles. The maximum Gasteiger partial charge on any atom is 0.269 e. The first-order valence-corrected chi connectivity index (χ1v) is 11.1. The van der Waals surface area contributed by atoms with E-state index in [1.165, 1.54) is 36.4 Å². The third-order valence-electron chi connectivity index (χ3n) is 4.56. The number of rotatable bonds is 5. The number of carbonyl (C=O) groups excluding carboxylic acids is 2. The molecule has 0 saturated heterocycles. The van der Waals surface area contributed by atoms with Crippen molar-refractivity contribution < 1.29 is 18.0 Å². The van der Waals surface area contributed by atoms with Crippen molar-refractivity contribution >= 4 is 39.1 Å². The fraction of sp³-hybridized carbons (Fsp3) is 0.0909. The van der Waals surface area contributed by atoms with Crippen molar-refractivity contribution in [1.82, 2.24) is 10.9 Å². The van der Waals surface area contributed by atoms with Gasteiger partial charge in [0.15, 0.2) is 0 Å². The van der Waals surface area contributed by atoms with E-state index < -0.39 is 21.8 Å². The molecule has 0 saturated carbocycles. The van der Waals surface area contributed by atoms with Crippen LogP contribution in [0.2, 0.25) is 5.02 Å². The molecule has 3 aromatic rings. The molecule has 31 heavy (non-hydrogen) atoms. The summed E-state index contributed by atoms with van der Waals surface area (Å²) < 4.78 is 27.7. The standard InChI is InChI=1S/C22H20ClN3O4S/c1-14-6-7-17(12-15(14)2)22(28)25-24-21(27)16-4-3-5-20(13-16)31(29,30)26-19-10-8-18(23)9-11-19/h3-13,26H,1-2H3,(H,24,27)(H,25,28). The van der Waals surface area contributed by atoms with E-state index in [9.17, 15) is 18.0 Å². The predicted octanol–water partition coefficient (Wildman–Crippen LogP) is 3.83. The molecule has 160 valence electrons. The normalized spacial score (nSPS) is 10.9. The first-order valence-electron chi connectivity index (χ1n) is 9.22. The number of carbonyl (C=O) groups is 2. The van der Waals surface area contributed by atoms with Crippen molar-refractivity contribution in [3.05, 3.63) is 94.0 Å². The SMILES string of the molecule is Cc1ccc(C(=O)NNC(=O)c2cccc(S(=O)(=O)Nc3ccc(Cl)cc3)c2)cc1C. The molecule has 0 spiro atoms. The van der Waals surface area contributed by atoms with Crippen LogP contribution in [0.15, 0.2) is 71.6 Å². The van der Waals surface area contributed by atoms with Gasteiger partial charge in [0.2, 0.25) is 0 Å². The van der Waals surface area contributed by atoms with Crippen molar-refractivity contribution in [2.75, 3.05) is 4.72 Å². The lowest BCUT2D eigenvalue weighted by Gasteiger charge is -2.11. The molecule has 0 aromatic heterocycles. The summed E-state index contributed by atoms with van der Waals surface area (Å²) in [5, 5.41) is 0.476. The molecule has 2 amide bonds. The summed E-state index contributed by atoms with van der Waals surface area (Å²) in [5.74, 6) is -1.13. The van der Waals surface area contributed by atoms with E-state index in [0.29, 0.717) is 16.3 Å². The van der Waals surface area contributed by atoms with Gasteiger partial charge in [0.05, 0.1) is 4.90 Å². The minimum absolute atomic E-state index is 0.0689. The Balaban J connectivity index is 1.69. The Morgan fingerprint density at radius 1 is 0.774 bits per heavy atom. The number of hydrogen-bond donors (Lipinski definition) is 3. The highest BCUT2D eigenvalue weighted by Crippen LogP contribution is 2.19. The predicted molar refractivity (Wildman–Crippen MR) is 120 cm³/mol. The van der Waals surface area contributed by atoms with Crippen molar-refractivity contribution in [3.8, 4) is 0 Å². The molecule has 3 N–H and O–H groups in total. The molecular formula is C22H20ClN3O4S. The van der Waals surface area contributed by atoms with Gasteiger partial charge in [-0.3, -0.25) is 25.2 Å². The van der Waals surface area contributed by atoms with Gasteiger partial charge in [0.25, 0.3) is 21.8 Å². The van der Waals surface area contributed by atoms with Crippen LogP contribution in [0, 0.1) is 13.8 Å². The van der Waals surface area contributed by atoms with Gasteiger partial charge in [-0.2, -0.15) is 0 Å². The zero-order valence-electron chi connectivity index (χ0n) is 16.8. The van der Waals surface area contributed by atoms with E-state index in [0.717, 1.165) is 11.1 Å². The van der Waals surface area contributed by atoms with Gasteiger partial charge in [-0.25, -0.2) is 8.42 Å². The van der Waals surface area contributed by atoms with Gasteiger partial charge in [-0.1, -0.05) is 23.7 Å². The lowest BCUT2D eigenvalue weighted by molar-refractivity contribution is 0.0846. The van der Waals surface area contributed by atoms with Crippen LogP contribution in [0.25, 0.3) is 0 Å². The fourth-order valence-corrected chi connectivity index (χ4v) is 3.91. The monoisotopic (exact) mass is 457 g/mol. The van der Waals surface area contributed by atoms with E-state index in [4.69, 9.17) is 11.6 Å². The molecule has 0 fully saturated rings. The van der Waals surface area contributed by atoms with Crippen LogP contribution in [-0.2, 0) is 10.0 Å². The van der Waals surface area contributed by atoms with E-state index in [-0.39, 0.29) is 10.5 Å². The average Bonchev–Trinajstić information content (AvgIpc) is 2.75. The number of sulfonamides is 1. The Hall–Kier alpha value is -3.36. The third kappa shape index (κ3) is 5.62. The summed E-state index contributed by atoms with van der Waals surface area (Å²) in [5.41, 5.74) is 7.42. The molecule has 0 atom stereocenters. The number of anilines is 1. The first kappa shape index (κ1) is 22.3. The molecule has 3 rings (SSSR count). The van der Waals surface area contributed by atoms with Gasteiger partial charge < -0.3 is 0 Å². The van der Waals surface area contributed by atoms with Crippen LogP contribution < -0.4 is 15.6 Å². The van der Waals surface area contributed by atoms with Crippen LogP contribution in [-0.4, -0.2) is 20.2 Å². The van der Waals surface area contributed by atoms with Gasteiger partial charge >= 0.3 is 0 Å². The second kappa shape index (κ2) is 9.20. The number of nitrogens with one attached hydrogen (secondary N) is 3. The lowest BCUT2D eigenvalue weighted by Crippen LogP contribution is -2.41. The van der Waals surface area contributed by atoms with Crippen molar-refractivity contribution in [1.29, 1.82) is 0 Å². The molecule has 3 aromatic carbocycles. The Labute approximate surface area is 185 Å². The molecule has 9 heteroatoms. The molecule has 7 nitrogen and oxygen atoms in total. The Morgan fingerprint density at radius 2 is 1.39 bits per heavy atom. The zero-order valence-corrected chi connectivity index (χ0v) is 18.3. The minimum atomic E-state index is -3.93. The number of halogens is 1. The van der Waals surface area contributed by atoms with Crippen molar-refractivity contribution in [2.45, 2.75) is 18.7 Å². The van der Waals surface area contributed by atoms with Crippen molar-refractivity contribution in [3.63, 3.8) is 0 Å². The number of benzene rings is 3. The number of amides is 2. The highest BCUT2D eigenvalue weighted by atomic mass is 35.5. The van der Waals surface area contributed by atoms with Gasteiger partial charge in [-0.15, -0.1) is 0 Å². The second-order valence-electron chi connectivity index (χ2n) is 6.85. The molecule has 0 heterocycles. The van der Waals surface area contributed by atoms with Crippen molar-refractivity contribution in [2.24, 2.45) is 0 Å². The summed E-state index contributed by atoms with van der Waals surface area (Å²) in [6.45, 7) is 3.82. The van der Waals surface area contributed by atoms with Crippen LogP contribution in [0.4, 0.5) is 5.69 Å². The van der Waals surface area contributed by atoms with Crippen LogP contribution in [0.3, 0.4) is 0 Å². The molecule has 0 aliphatic rings. The Bertz CT molecular complexity index is 1240. The number of aryl methyl sites for hydroxylation is 2. The summed E-state index contributed by atoms with van der Waals surface area (Å²) in [7, 11) is -3.93. The molecule has 0 bridgehead atoms. The maximum atomic E-state index is 12.6. The summed E-state index contributed by atoms with van der Waals surface area (Å²) >= 11 is 5.81. The Morgan fingerprint density at radius 3 is 2.00 bits per heavy atom. The zero-order chi connectivity index (χ0) is 22.6. The first-order chi connectivity index (χ1) is 14.7. The molecule has 0 unspecified atom stereocenters. The largest absolute Gasteiger partial charge is 0.280 e. The highest BCUT2D eigenvalue weighted by molar-refractivity contribution is 7.92. The Kier molecular flexibility index (Phi) is 6.62. The minimum Gasteiger partial charge on any atom is -0.280 e. The van der Waals surface area contributed by atoms with Crippen LogP contribution in [0.1, 0.15) is 31.8 Å². The highest BCUT2D eigenvalue weighted by Gasteiger charge is 2.17. The molecule has 0 aliphatic carbocycles. The second-order valence-corrected chi connectivity index (χ2v) is 8.97. The lowest BCUT2D eigenvalue weighted by atomic mass is 10.1. The van der Waals surface area contributed by atoms with Gasteiger partial charge in [0, 0.05) is 21.8 Å². The average molecular weight is 458 g/mol. The quantitative estimate of drug-likeness (QED) is 0.506. The van der Waals surface area contributed by atoms with E-state index in [1.54, 1.807) is 24.3 Å². The number of hydrazine groups is 1. The van der Waals surface area contributed by atoms with Crippen LogP contribution in [0.5, 0.6) is 0 Å². The van der Waals surface area contributed by atoms with Gasteiger partial charge in [-0.05, 0) is 79.6 Å². The third-order valence-corrected chi connectivity index (χ3v) is 6.19. The maximum absolute atomic E-state index is 12.6. The van der Waals surface area contributed by atoms with E-state index in [1.807, 2.05) is 19.9 Å². The fourth-order valence-electron chi connectivity index (χ4n) is 2.68. The summed E-state index contributed by atoms with van der Waals surface area (Å²) in [6, 6.07) is 16.8. The van der Waals surface area contributed by atoms with E-state index >= 15 is 0 Å². The molecular weight excluding hydrogens is 438 g/mol. The number of hydrogen-bond acceptors (Lipinski definition) is 4. The van der Waals surface area contributed by atoms with Crippen LogP contribution >= 0.6 is 11.6 Å². The molecule has 0 radical (unpaired) electrons.